The number of non-ortho nitro benzene ring substituents is 1. The molecule has 0 aromatic heterocycles. The molecule has 2 aliphatic rings. The smallest absolute Gasteiger partial charge is 0.270 e. The molecule has 7 nitrogen and oxygen atoms in total. The third-order valence-corrected chi connectivity index (χ3v) is 4.24. The fourth-order valence-electron chi connectivity index (χ4n) is 3.02. The van der Waals surface area contributed by atoms with Crippen molar-refractivity contribution < 1.29 is 19.2 Å². The maximum absolute atomic E-state index is 12.1. The van der Waals surface area contributed by atoms with E-state index in [0.29, 0.717) is 29.2 Å². The van der Waals surface area contributed by atoms with Gasteiger partial charge in [0.1, 0.15) is 0 Å². The first-order valence-corrected chi connectivity index (χ1v) is 7.76. The topological polar surface area (TPSA) is 90.7 Å². The largest absolute Gasteiger partial charge is 0.454 e. The zero-order valence-electron chi connectivity index (χ0n) is 13.1. The van der Waals surface area contributed by atoms with E-state index in [1.165, 1.54) is 12.1 Å². The zero-order chi connectivity index (χ0) is 17.4. The lowest BCUT2D eigenvalue weighted by molar-refractivity contribution is -0.384. The SMILES string of the molecule is O=C1CC(c2ccc3c(c2)OCO3)C=C(c2cccc([N+](=O)[O-])c2)N1. The fourth-order valence-corrected chi connectivity index (χ4v) is 3.02. The van der Waals surface area contributed by atoms with Gasteiger partial charge >= 0.3 is 0 Å². The van der Waals surface area contributed by atoms with Gasteiger partial charge < -0.3 is 14.8 Å². The average Bonchev–Trinajstić information content (AvgIpc) is 3.09. The fraction of sp³-hybridized carbons (Fsp3) is 0.167. The molecule has 2 aromatic carbocycles. The highest BCUT2D eigenvalue weighted by molar-refractivity contribution is 5.90. The minimum absolute atomic E-state index is 0.0159. The summed E-state index contributed by atoms with van der Waals surface area (Å²) in [6, 6.07) is 11.8. The van der Waals surface area contributed by atoms with E-state index in [1.807, 2.05) is 24.3 Å². The summed E-state index contributed by atoms with van der Waals surface area (Å²) < 4.78 is 10.7. The quantitative estimate of drug-likeness (QED) is 0.686. The van der Waals surface area contributed by atoms with Gasteiger partial charge in [-0.25, -0.2) is 0 Å². The van der Waals surface area contributed by atoms with Crippen molar-refractivity contribution in [1.29, 1.82) is 0 Å². The summed E-state index contributed by atoms with van der Waals surface area (Å²) in [5.41, 5.74) is 2.09. The number of nitro benzene ring substituents is 1. The van der Waals surface area contributed by atoms with Gasteiger partial charge in [-0.3, -0.25) is 14.9 Å². The Morgan fingerprint density at radius 3 is 2.80 bits per heavy atom. The van der Waals surface area contributed by atoms with E-state index in [-0.39, 0.29) is 24.3 Å². The molecule has 0 bridgehead atoms. The summed E-state index contributed by atoms with van der Waals surface area (Å²) in [5.74, 6) is 1.07. The minimum Gasteiger partial charge on any atom is -0.454 e. The number of nitrogens with zero attached hydrogens (tertiary/aromatic N) is 1. The van der Waals surface area contributed by atoms with Crippen molar-refractivity contribution in [3.63, 3.8) is 0 Å². The van der Waals surface area contributed by atoms with Crippen LogP contribution in [0.25, 0.3) is 5.70 Å². The van der Waals surface area contributed by atoms with Crippen LogP contribution in [-0.4, -0.2) is 17.6 Å². The molecule has 2 aromatic rings. The number of ether oxygens (including phenoxy) is 2. The van der Waals surface area contributed by atoms with Crippen molar-refractivity contribution in [2.24, 2.45) is 0 Å². The molecule has 1 amide bonds. The third-order valence-electron chi connectivity index (χ3n) is 4.24. The monoisotopic (exact) mass is 338 g/mol. The summed E-state index contributed by atoms with van der Waals surface area (Å²) in [6.45, 7) is 0.193. The van der Waals surface area contributed by atoms with E-state index < -0.39 is 4.92 Å². The van der Waals surface area contributed by atoms with Crippen LogP contribution in [0, 0.1) is 10.1 Å². The highest BCUT2D eigenvalue weighted by Gasteiger charge is 2.24. The maximum Gasteiger partial charge on any atom is 0.270 e. The number of carbonyl (C=O) groups is 1. The Kier molecular flexibility index (Phi) is 3.61. The number of benzene rings is 2. The van der Waals surface area contributed by atoms with E-state index in [0.717, 1.165) is 5.56 Å². The summed E-state index contributed by atoms with van der Waals surface area (Å²) in [6.07, 6.45) is 2.22. The molecule has 25 heavy (non-hydrogen) atoms. The van der Waals surface area contributed by atoms with Gasteiger partial charge in [-0.15, -0.1) is 0 Å². The molecule has 0 saturated carbocycles. The second-order valence-corrected chi connectivity index (χ2v) is 5.86. The molecule has 1 N–H and O–H groups in total. The number of hydrogen-bond donors (Lipinski definition) is 1. The van der Waals surface area contributed by atoms with Gasteiger partial charge in [0.2, 0.25) is 12.7 Å². The molecule has 0 fully saturated rings. The van der Waals surface area contributed by atoms with Crippen LogP contribution in [0.4, 0.5) is 5.69 Å². The van der Waals surface area contributed by atoms with Crippen LogP contribution >= 0.6 is 0 Å². The Bertz CT molecular complexity index is 906. The predicted octanol–water partition coefficient (Wildman–Crippen LogP) is 2.97. The summed E-state index contributed by atoms with van der Waals surface area (Å²) >= 11 is 0. The van der Waals surface area contributed by atoms with Crippen LogP contribution < -0.4 is 14.8 Å². The van der Waals surface area contributed by atoms with Crippen LogP contribution in [0.2, 0.25) is 0 Å². The molecular weight excluding hydrogens is 324 g/mol. The van der Waals surface area contributed by atoms with Gasteiger partial charge in [0.15, 0.2) is 11.5 Å². The first-order valence-electron chi connectivity index (χ1n) is 7.76. The molecule has 126 valence electrons. The highest BCUT2D eigenvalue weighted by Crippen LogP contribution is 2.37. The van der Waals surface area contributed by atoms with Gasteiger partial charge in [-0.1, -0.05) is 24.3 Å². The normalized spacial score (nSPS) is 18.5. The molecule has 0 aliphatic carbocycles. The number of allylic oxidation sites excluding steroid dienone is 1. The van der Waals surface area contributed by atoms with Gasteiger partial charge in [-0.05, 0) is 17.7 Å². The molecule has 1 atom stereocenters. The van der Waals surface area contributed by atoms with Gasteiger partial charge in [0.05, 0.1) is 4.92 Å². The Hall–Kier alpha value is -3.35. The Balaban J connectivity index is 1.70. The number of carbonyl (C=O) groups excluding carboxylic acids is 1. The van der Waals surface area contributed by atoms with Crippen molar-refractivity contribution in [2.75, 3.05) is 6.79 Å². The lowest BCUT2D eigenvalue weighted by atomic mass is 9.90. The number of nitrogens with one attached hydrogen (secondary N) is 1. The Morgan fingerprint density at radius 1 is 1.12 bits per heavy atom. The summed E-state index contributed by atoms with van der Waals surface area (Å²) in [7, 11) is 0. The number of fused-ring (bicyclic) bond motifs is 1. The van der Waals surface area contributed by atoms with Crippen molar-refractivity contribution >= 4 is 17.3 Å². The van der Waals surface area contributed by atoms with Crippen molar-refractivity contribution in [1.82, 2.24) is 5.32 Å². The standard InChI is InChI=1S/C18H14N2O5/c21-18-9-13(11-4-5-16-17(8-11)25-10-24-16)7-15(19-18)12-2-1-3-14(6-12)20(22)23/h1-8,13H,9-10H2,(H,19,21). The number of hydrogen-bond acceptors (Lipinski definition) is 5. The summed E-state index contributed by atoms with van der Waals surface area (Å²) in [5, 5.41) is 13.8. The summed E-state index contributed by atoms with van der Waals surface area (Å²) in [4.78, 5) is 22.7. The second kappa shape index (κ2) is 5.94. The van der Waals surface area contributed by atoms with Crippen molar-refractivity contribution in [2.45, 2.75) is 12.3 Å². The van der Waals surface area contributed by atoms with Crippen LogP contribution in [0.15, 0.2) is 48.5 Å². The van der Waals surface area contributed by atoms with E-state index in [2.05, 4.69) is 5.32 Å². The van der Waals surface area contributed by atoms with E-state index in [1.54, 1.807) is 12.1 Å². The molecule has 0 saturated heterocycles. The predicted molar refractivity (Wildman–Crippen MR) is 89.1 cm³/mol. The van der Waals surface area contributed by atoms with Crippen LogP contribution in [0.5, 0.6) is 11.5 Å². The molecule has 0 radical (unpaired) electrons. The number of amides is 1. The van der Waals surface area contributed by atoms with E-state index in [4.69, 9.17) is 9.47 Å². The first-order chi connectivity index (χ1) is 12.1. The average molecular weight is 338 g/mol. The lowest BCUT2D eigenvalue weighted by Crippen LogP contribution is -2.28. The van der Waals surface area contributed by atoms with E-state index in [9.17, 15) is 14.9 Å². The maximum atomic E-state index is 12.1. The van der Waals surface area contributed by atoms with Crippen molar-refractivity contribution in [3.05, 3.63) is 69.8 Å². The number of nitro groups is 1. The molecule has 2 aliphatic heterocycles. The Labute approximate surface area is 143 Å². The van der Waals surface area contributed by atoms with Crippen LogP contribution in [-0.2, 0) is 4.79 Å². The van der Waals surface area contributed by atoms with Crippen molar-refractivity contribution in [3.8, 4) is 11.5 Å². The number of rotatable bonds is 3. The lowest BCUT2D eigenvalue weighted by Gasteiger charge is -2.22. The van der Waals surface area contributed by atoms with Gasteiger partial charge in [0, 0.05) is 35.7 Å². The second-order valence-electron chi connectivity index (χ2n) is 5.86. The molecule has 7 heteroatoms. The van der Waals surface area contributed by atoms with Crippen LogP contribution in [0.3, 0.4) is 0 Å². The Morgan fingerprint density at radius 2 is 1.96 bits per heavy atom. The molecule has 4 rings (SSSR count). The minimum atomic E-state index is -0.454. The molecular formula is C18H14N2O5. The highest BCUT2D eigenvalue weighted by atomic mass is 16.7. The third kappa shape index (κ3) is 2.91. The zero-order valence-corrected chi connectivity index (χ0v) is 13.1. The molecule has 2 heterocycles. The molecule has 1 unspecified atom stereocenters. The molecule has 0 spiro atoms. The van der Waals surface area contributed by atoms with Gasteiger partial charge in [-0.2, -0.15) is 0 Å². The van der Waals surface area contributed by atoms with Crippen LogP contribution in [0.1, 0.15) is 23.5 Å². The van der Waals surface area contributed by atoms with Gasteiger partial charge in [0.25, 0.3) is 5.69 Å². The van der Waals surface area contributed by atoms with E-state index >= 15 is 0 Å². The first kappa shape index (κ1) is 15.2.